The molecular weight excluding hydrogens is 400 g/mol. The van der Waals surface area contributed by atoms with Crippen LogP contribution in [0.4, 0.5) is 0 Å². The fraction of sp³-hybridized carbons (Fsp3) is 0.538. The minimum atomic E-state index is 0.552. The van der Waals surface area contributed by atoms with Crippen LogP contribution in [0.2, 0.25) is 0 Å². The van der Waals surface area contributed by atoms with Crippen molar-refractivity contribution in [3.63, 3.8) is 0 Å². The van der Waals surface area contributed by atoms with Crippen molar-refractivity contribution in [3.8, 4) is 0 Å². The second-order valence-corrected chi connectivity index (χ2v) is 9.59. The molecule has 1 aliphatic heterocycles. The van der Waals surface area contributed by atoms with Crippen LogP contribution in [0, 0.1) is 11.8 Å². The zero-order valence-electron chi connectivity index (χ0n) is 19.1. The van der Waals surface area contributed by atoms with Gasteiger partial charge in [0, 0.05) is 24.4 Å². The lowest BCUT2D eigenvalue weighted by Gasteiger charge is -2.36. The van der Waals surface area contributed by atoms with E-state index in [2.05, 4.69) is 40.7 Å². The monoisotopic (exact) mass is 440 g/mol. The molecule has 1 atom stereocenters. The van der Waals surface area contributed by atoms with Gasteiger partial charge in [-0.1, -0.05) is 36.8 Å². The number of aryl methyl sites for hydroxylation is 2. The fourth-order valence-corrected chi connectivity index (χ4v) is 4.75. The highest BCUT2D eigenvalue weighted by molar-refractivity contribution is 8.01. The zero-order valence-corrected chi connectivity index (χ0v) is 19.9. The van der Waals surface area contributed by atoms with E-state index in [-0.39, 0.29) is 0 Å². The van der Waals surface area contributed by atoms with Gasteiger partial charge in [0.2, 0.25) is 0 Å². The lowest BCUT2D eigenvalue weighted by molar-refractivity contribution is 0.274. The van der Waals surface area contributed by atoms with E-state index >= 15 is 0 Å². The van der Waals surface area contributed by atoms with E-state index in [1.807, 2.05) is 17.6 Å². The summed E-state index contributed by atoms with van der Waals surface area (Å²) in [5.74, 6) is 2.19. The summed E-state index contributed by atoms with van der Waals surface area (Å²) in [5, 5.41) is 5.51. The summed E-state index contributed by atoms with van der Waals surface area (Å²) in [4.78, 5) is 2.23. The molecular formula is C26H40N4S. The van der Waals surface area contributed by atoms with Crippen molar-refractivity contribution < 1.29 is 0 Å². The average molecular weight is 441 g/mol. The predicted octanol–water partition coefficient (Wildman–Crippen LogP) is 4.74. The summed E-state index contributed by atoms with van der Waals surface area (Å²) in [5.41, 5.74) is 16.6. The third-order valence-electron chi connectivity index (χ3n) is 6.67. The lowest BCUT2D eigenvalue weighted by atomic mass is 9.82. The van der Waals surface area contributed by atoms with Crippen LogP contribution < -0.4 is 16.8 Å². The second-order valence-electron chi connectivity index (χ2n) is 8.84. The van der Waals surface area contributed by atoms with E-state index in [1.54, 1.807) is 18.0 Å². The summed E-state index contributed by atoms with van der Waals surface area (Å²) in [6, 6.07) is 9.24. The second kappa shape index (κ2) is 12.9. The number of hydrogen-bond donors (Lipinski definition) is 3. The number of allylic oxidation sites excluding steroid dienone is 3. The number of hydrogen-bond acceptors (Lipinski definition) is 5. The highest BCUT2D eigenvalue weighted by atomic mass is 32.2. The van der Waals surface area contributed by atoms with E-state index in [1.165, 1.54) is 68.4 Å². The van der Waals surface area contributed by atoms with Gasteiger partial charge in [-0.15, -0.1) is 11.8 Å². The van der Waals surface area contributed by atoms with Crippen LogP contribution in [-0.2, 0) is 12.8 Å². The molecule has 0 radical (unpaired) electrons. The molecule has 2 aliphatic rings. The molecule has 0 amide bonds. The maximum Gasteiger partial charge on any atom is 0.103 e. The van der Waals surface area contributed by atoms with Crippen molar-refractivity contribution in [1.29, 1.82) is 0 Å². The molecule has 31 heavy (non-hydrogen) atoms. The van der Waals surface area contributed by atoms with E-state index in [0.29, 0.717) is 5.92 Å². The molecule has 1 aromatic rings. The Morgan fingerprint density at radius 2 is 1.90 bits per heavy atom. The normalized spacial score (nSPS) is 20.4. The van der Waals surface area contributed by atoms with Crippen molar-refractivity contribution >= 4 is 11.8 Å². The Morgan fingerprint density at radius 3 is 2.48 bits per heavy atom. The molecule has 1 aliphatic carbocycles. The maximum absolute atomic E-state index is 6.46. The number of nitrogens with one attached hydrogen (secondary N) is 1. The Labute approximate surface area is 193 Å². The first-order valence-electron chi connectivity index (χ1n) is 11.8. The molecule has 170 valence electrons. The summed E-state index contributed by atoms with van der Waals surface area (Å²) < 4.78 is 0. The first-order chi connectivity index (χ1) is 15.2. The van der Waals surface area contributed by atoms with Crippen LogP contribution in [0.25, 0.3) is 0 Å². The molecule has 0 aromatic heterocycles. The molecule has 5 N–H and O–H groups in total. The zero-order chi connectivity index (χ0) is 21.9. The molecule has 0 spiro atoms. The predicted molar refractivity (Wildman–Crippen MR) is 135 cm³/mol. The number of thioether (sulfide) groups is 1. The molecule has 5 heteroatoms. The Hall–Kier alpha value is -1.85. The van der Waals surface area contributed by atoms with E-state index < -0.39 is 0 Å². The standard InChI is InChI=1S/C26H40N4S/c1-31-18-4-8-26(28)30(25(19-27)24-6-2-7-24)17-3-5-21-9-11-22(12-10-21)13-14-23-15-16-29-20-23/h4,8-12,18-19,23-24,29H,2-3,5-7,13-17,20,27-28H2,1H3/b18-4-,25-19-,26-8+. The van der Waals surface area contributed by atoms with Crippen LogP contribution in [0.1, 0.15) is 49.7 Å². The highest BCUT2D eigenvalue weighted by Crippen LogP contribution is 2.35. The van der Waals surface area contributed by atoms with Gasteiger partial charge < -0.3 is 21.7 Å². The van der Waals surface area contributed by atoms with Crippen molar-refractivity contribution in [3.05, 3.63) is 70.7 Å². The number of nitrogens with zero attached hydrogens (tertiary/aromatic N) is 1. The van der Waals surface area contributed by atoms with Crippen molar-refractivity contribution in [2.45, 2.75) is 51.4 Å². The summed E-state index contributed by atoms with van der Waals surface area (Å²) >= 11 is 1.68. The van der Waals surface area contributed by atoms with Gasteiger partial charge in [0.25, 0.3) is 0 Å². The number of benzene rings is 1. The van der Waals surface area contributed by atoms with Gasteiger partial charge in [0.15, 0.2) is 0 Å². The quantitative estimate of drug-likeness (QED) is 0.410. The molecule has 0 bridgehead atoms. The van der Waals surface area contributed by atoms with Crippen LogP contribution in [0.3, 0.4) is 0 Å². The third-order valence-corrected chi connectivity index (χ3v) is 7.10. The van der Waals surface area contributed by atoms with E-state index in [0.717, 1.165) is 31.1 Å². The average Bonchev–Trinajstić information content (AvgIpc) is 3.27. The van der Waals surface area contributed by atoms with E-state index in [4.69, 9.17) is 11.5 Å². The summed E-state index contributed by atoms with van der Waals surface area (Å²) in [7, 11) is 0. The molecule has 1 unspecified atom stereocenters. The number of rotatable bonds is 12. The molecule has 1 saturated heterocycles. The largest absolute Gasteiger partial charge is 0.403 e. The van der Waals surface area contributed by atoms with Crippen LogP contribution in [0.5, 0.6) is 0 Å². The third kappa shape index (κ3) is 7.36. The molecule has 1 saturated carbocycles. The Kier molecular flexibility index (Phi) is 9.88. The first-order valence-corrected chi connectivity index (χ1v) is 13.1. The molecule has 1 heterocycles. The first kappa shape index (κ1) is 23.8. The highest BCUT2D eigenvalue weighted by Gasteiger charge is 2.26. The van der Waals surface area contributed by atoms with Gasteiger partial charge in [-0.2, -0.15) is 0 Å². The molecule has 2 fully saturated rings. The van der Waals surface area contributed by atoms with Gasteiger partial charge in [-0.05, 0) is 92.8 Å². The Morgan fingerprint density at radius 1 is 1.16 bits per heavy atom. The summed E-state index contributed by atoms with van der Waals surface area (Å²) in [6.45, 7) is 3.28. The smallest absolute Gasteiger partial charge is 0.103 e. The van der Waals surface area contributed by atoms with Gasteiger partial charge in [0.05, 0.1) is 0 Å². The number of nitrogens with two attached hydrogens (primary N) is 2. The minimum Gasteiger partial charge on any atom is -0.403 e. The van der Waals surface area contributed by atoms with Gasteiger partial charge >= 0.3 is 0 Å². The topological polar surface area (TPSA) is 67.3 Å². The summed E-state index contributed by atoms with van der Waals surface area (Å²) in [6.07, 6.45) is 17.5. The Bertz CT molecular complexity index is 743. The van der Waals surface area contributed by atoms with Crippen LogP contribution in [-0.4, -0.2) is 30.8 Å². The lowest BCUT2D eigenvalue weighted by Crippen LogP contribution is -2.34. The maximum atomic E-state index is 6.46. The van der Waals surface area contributed by atoms with Gasteiger partial charge in [-0.25, -0.2) is 0 Å². The minimum absolute atomic E-state index is 0.552. The Balaban J connectivity index is 1.52. The van der Waals surface area contributed by atoms with E-state index in [9.17, 15) is 0 Å². The van der Waals surface area contributed by atoms with Crippen LogP contribution in [0.15, 0.2) is 59.5 Å². The van der Waals surface area contributed by atoms with Crippen molar-refractivity contribution in [2.24, 2.45) is 23.3 Å². The molecule has 1 aromatic carbocycles. The van der Waals surface area contributed by atoms with Crippen LogP contribution >= 0.6 is 11.8 Å². The molecule has 4 nitrogen and oxygen atoms in total. The SMILES string of the molecule is CS/C=C\C=C(/N)N(CCCc1ccc(CCC2CCNC2)cc1)/C(=C\N)C1CCC1. The fourth-order valence-electron chi connectivity index (χ4n) is 4.51. The molecule has 3 rings (SSSR count). The van der Waals surface area contributed by atoms with Gasteiger partial charge in [0.1, 0.15) is 5.82 Å². The van der Waals surface area contributed by atoms with Crippen molar-refractivity contribution in [2.75, 3.05) is 25.9 Å². The van der Waals surface area contributed by atoms with Crippen molar-refractivity contribution in [1.82, 2.24) is 10.2 Å². The van der Waals surface area contributed by atoms with Gasteiger partial charge in [-0.3, -0.25) is 0 Å².